The molecule has 0 atom stereocenters. The van der Waals surface area contributed by atoms with Crippen LogP contribution in [0.15, 0.2) is 11.4 Å². The third-order valence-corrected chi connectivity index (χ3v) is 2.00. The topological polar surface area (TPSA) is 61.1 Å². The van der Waals surface area contributed by atoms with E-state index < -0.39 is 5.97 Å². The van der Waals surface area contributed by atoms with Gasteiger partial charge >= 0.3 is 5.97 Å². The molecule has 4 heteroatoms. The maximum atomic E-state index is 10.2. The summed E-state index contributed by atoms with van der Waals surface area (Å²) in [5.74, 6) is -0.868. The first-order valence-corrected chi connectivity index (χ1v) is 3.79. The predicted octanol–water partition coefficient (Wildman–Crippen LogP) is 1.25. The molecule has 0 unspecified atom stereocenters. The minimum atomic E-state index is -0.868. The Hall–Kier alpha value is -1.34. The molecular weight excluding hydrogens is 162 g/mol. The molecule has 0 aliphatic rings. The first-order chi connectivity index (χ1) is 5.22. The Morgan fingerprint density at radius 2 is 2.55 bits per heavy atom. The minimum Gasteiger partial charge on any atom is -0.481 e. The Kier molecular flexibility index (Phi) is 2.24. The molecule has 56 valence electrons. The molecule has 0 spiro atoms. The van der Waals surface area contributed by atoms with Crippen LogP contribution in [-0.4, -0.2) is 11.1 Å². The summed E-state index contributed by atoms with van der Waals surface area (Å²) in [6.07, 6.45) is -0.00181. The van der Waals surface area contributed by atoms with Crippen molar-refractivity contribution in [3.63, 3.8) is 0 Å². The number of carbonyl (C=O) groups is 1. The number of hydrogen-bond donors (Lipinski definition) is 1. The second kappa shape index (κ2) is 3.17. The summed E-state index contributed by atoms with van der Waals surface area (Å²) in [6, 6.07) is 3.54. The average molecular weight is 167 g/mol. The lowest BCUT2D eigenvalue weighted by molar-refractivity contribution is -0.136. The highest BCUT2D eigenvalue weighted by Crippen LogP contribution is 2.13. The van der Waals surface area contributed by atoms with Crippen LogP contribution < -0.4 is 0 Å². The standard InChI is InChI=1S/C7H5NO2S/c8-3-6-1-5(4-11-6)2-7(9)10/h1,4H,2H2,(H,9,10). The molecule has 0 saturated carbocycles. The average Bonchev–Trinajstić information content (AvgIpc) is 2.34. The van der Waals surface area contributed by atoms with Crippen molar-refractivity contribution in [1.29, 1.82) is 5.26 Å². The van der Waals surface area contributed by atoms with Gasteiger partial charge in [-0.25, -0.2) is 0 Å². The highest BCUT2D eigenvalue weighted by Gasteiger charge is 2.02. The van der Waals surface area contributed by atoms with E-state index in [9.17, 15) is 4.79 Å². The molecule has 3 nitrogen and oxygen atoms in total. The van der Waals surface area contributed by atoms with Gasteiger partial charge in [0.1, 0.15) is 10.9 Å². The van der Waals surface area contributed by atoms with Crippen LogP contribution in [0.2, 0.25) is 0 Å². The van der Waals surface area contributed by atoms with E-state index in [0.29, 0.717) is 10.4 Å². The lowest BCUT2D eigenvalue weighted by atomic mass is 10.2. The molecule has 0 bridgehead atoms. The van der Waals surface area contributed by atoms with Gasteiger partial charge in [-0.3, -0.25) is 4.79 Å². The normalized spacial score (nSPS) is 9.00. The quantitative estimate of drug-likeness (QED) is 0.721. The van der Waals surface area contributed by atoms with Crippen LogP contribution in [-0.2, 0) is 11.2 Å². The van der Waals surface area contributed by atoms with Crippen molar-refractivity contribution in [2.24, 2.45) is 0 Å². The summed E-state index contributed by atoms with van der Waals surface area (Å²) in [5, 5.41) is 18.5. The number of nitrogens with zero attached hydrogens (tertiary/aromatic N) is 1. The van der Waals surface area contributed by atoms with E-state index in [1.807, 2.05) is 6.07 Å². The number of nitriles is 1. The molecule has 11 heavy (non-hydrogen) atoms. The highest BCUT2D eigenvalue weighted by molar-refractivity contribution is 7.10. The van der Waals surface area contributed by atoms with E-state index in [0.717, 1.165) is 0 Å². The van der Waals surface area contributed by atoms with Gasteiger partial charge in [-0.1, -0.05) is 0 Å². The van der Waals surface area contributed by atoms with Gasteiger partial charge in [-0.2, -0.15) is 5.26 Å². The molecule has 1 aromatic heterocycles. The molecule has 0 saturated heterocycles. The molecule has 0 aliphatic heterocycles. The van der Waals surface area contributed by atoms with Crippen molar-refractivity contribution in [1.82, 2.24) is 0 Å². The Bertz CT molecular complexity index is 310. The molecule has 1 rings (SSSR count). The van der Waals surface area contributed by atoms with Crippen LogP contribution in [0.25, 0.3) is 0 Å². The monoisotopic (exact) mass is 167 g/mol. The Morgan fingerprint density at radius 3 is 3.00 bits per heavy atom. The number of hydrogen-bond acceptors (Lipinski definition) is 3. The second-order valence-electron chi connectivity index (χ2n) is 2.00. The van der Waals surface area contributed by atoms with Crippen molar-refractivity contribution >= 4 is 17.3 Å². The lowest BCUT2D eigenvalue weighted by Crippen LogP contribution is -1.97. The van der Waals surface area contributed by atoms with E-state index in [-0.39, 0.29) is 6.42 Å². The summed E-state index contributed by atoms with van der Waals surface area (Å²) in [4.78, 5) is 10.7. The van der Waals surface area contributed by atoms with Crippen LogP contribution in [0.3, 0.4) is 0 Å². The number of thiophene rings is 1. The van der Waals surface area contributed by atoms with E-state index in [4.69, 9.17) is 10.4 Å². The Morgan fingerprint density at radius 1 is 1.82 bits per heavy atom. The molecule has 0 aromatic carbocycles. The van der Waals surface area contributed by atoms with Gasteiger partial charge in [0.2, 0.25) is 0 Å². The van der Waals surface area contributed by atoms with Gasteiger partial charge < -0.3 is 5.11 Å². The fourth-order valence-electron chi connectivity index (χ4n) is 0.702. The van der Waals surface area contributed by atoms with E-state index >= 15 is 0 Å². The molecule has 0 aliphatic carbocycles. The zero-order valence-corrected chi connectivity index (χ0v) is 6.39. The van der Waals surface area contributed by atoms with Gasteiger partial charge in [-0.15, -0.1) is 11.3 Å². The highest BCUT2D eigenvalue weighted by atomic mass is 32.1. The van der Waals surface area contributed by atoms with Gasteiger partial charge in [0.05, 0.1) is 6.42 Å². The third kappa shape index (κ3) is 2.06. The zero-order valence-electron chi connectivity index (χ0n) is 5.57. The van der Waals surface area contributed by atoms with Crippen LogP contribution in [0.4, 0.5) is 0 Å². The number of aliphatic carboxylic acids is 1. The summed E-state index contributed by atoms with van der Waals surface area (Å²) >= 11 is 1.27. The lowest BCUT2D eigenvalue weighted by Gasteiger charge is -1.85. The molecule has 0 radical (unpaired) electrons. The Labute approximate surface area is 67.5 Å². The number of carboxylic acid groups (broad SMARTS) is 1. The van der Waals surface area contributed by atoms with Crippen LogP contribution >= 0.6 is 11.3 Å². The summed E-state index contributed by atoms with van der Waals surface area (Å²) < 4.78 is 0. The smallest absolute Gasteiger partial charge is 0.307 e. The van der Waals surface area contributed by atoms with Crippen molar-refractivity contribution in [2.75, 3.05) is 0 Å². The SMILES string of the molecule is N#Cc1cc(CC(=O)O)cs1. The minimum absolute atomic E-state index is 0.00181. The Balaban J connectivity index is 2.75. The molecule has 1 N–H and O–H groups in total. The van der Waals surface area contributed by atoms with Gasteiger partial charge in [-0.05, 0) is 17.0 Å². The second-order valence-corrected chi connectivity index (χ2v) is 2.91. The maximum Gasteiger partial charge on any atom is 0.307 e. The molecule has 0 fully saturated rings. The van der Waals surface area contributed by atoms with Crippen molar-refractivity contribution < 1.29 is 9.90 Å². The van der Waals surface area contributed by atoms with Gasteiger partial charge in [0.25, 0.3) is 0 Å². The van der Waals surface area contributed by atoms with Crippen molar-refractivity contribution in [3.8, 4) is 6.07 Å². The first-order valence-electron chi connectivity index (χ1n) is 2.91. The summed E-state index contributed by atoms with van der Waals surface area (Å²) in [7, 11) is 0. The molecule has 0 amide bonds. The fraction of sp³-hybridized carbons (Fsp3) is 0.143. The van der Waals surface area contributed by atoms with E-state index in [2.05, 4.69) is 0 Å². The van der Waals surface area contributed by atoms with Crippen LogP contribution in [0.1, 0.15) is 10.4 Å². The summed E-state index contributed by atoms with van der Waals surface area (Å²) in [6.45, 7) is 0. The van der Waals surface area contributed by atoms with Gasteiger partial charge in [0.15, 0.2) is 0 Å². The maximum absolute atomic E-state index is 10.2. The van der Waals surface area contributed by atoms with Crippen molar-refractivity contribution in [3.05, 3.63) is 21.9 Å². The fourth-order valence-corrected chi connectivity index (χ4v) is 1.40. The third-order valence-electron chi connectivity index (χ3n) is 1.12. The van der Waals surface area contributed by atoms with Gasteiger partial charge in [0, 0.05) is 0 Å². The number of rotatable bonds is 2. The van der Waals surface area contributed by atoms with E-state index in [1.165, 1.54) is 11.3 Å². The largest absolute Gasteiger partial charge is 0.481 e. The molecule has 1 heterocycles. The van der Waals surface area contributed by atoms with Crippen LogP contribution in [0.5, 0.6) is 0 Å². The van der Waals surface area contributed by atoms with Crippen LogP contribution in [0, 0.1) is 11.3 Å². The zero-order chi connectivity index (χ0) is 8.27. The predicted molar refractivity (Wildman–Crippen MR) is 40.4 cm³/mol. The first kappa shape index (κ1) is 7.76. The van der Waals surface area contributed by atoms with E-state index in [1.54, 1.807) is 11.4 Å². The molecular formula is C7H5NO2S. The summed E-state index contributed by atoms with van der Waals surface area (Å²) in [5.41, 5.74) is 0.694. The molecule has 1 aromatic rings. The number of carboxylic acids is 1. The van der Waals surface area contributed by atoms with Crippen molar-refractivity contribution in [2.45, 2.75) is 6.42 Å².